The number of pyridine rings is 1. The summed E-state index contributed by atoms with van der Waals surface area (Å²) in [5.74, 6) is 0. The normalized spacial score (nSPS) is 12.1. The fourth-order valence-corrected chi connectivity index (χ4v) is 2.96. The molecule has 0 N–H and O–H groups in total. The fourth-order valence-electron chi connectivity index (χ4n) is 2.79. The second-order valence-corrected chi connectivity index (χ2v) is 5.33. The van der Waals surface area contributed by atoms with Gasteiger partial charge in [-0.3, -0.25) is 4.98 Å². The van der Waals surface area contributed by atoms with Crippen LogP contribution in [0.25, 0.3) is 22.3 Å². The minimum Gasteiger partial charge on any atom is -0.263 e. The number of rotatable bonds is 1. The van der Waals surface area contributed by atoms with Crippen molar-refractivity contribution in [3.05, 3.63) is 83.5 Å². The highest BCUT2D eigenvalue weighted by Gasteiger charge is 2.21. The highest BCUT2D eigenvalue weighted by Crippen LogP contribution is 2.42. The van der Waals surface area contributed by atoms with Crippen molar-refractivity contribution in [2.24, 2.45) is 0 Å². The zero-order valence-electron chi connectivity index (χ0n) is 10.7. The molecule has 1 aliphatic rings. The molecule has 1 aromatic heterocycles. The van der Waals surface area contributed by atoms with Gasteiger partial charge in [0.25, 0.3) is 0 Å². The van der Waals surface area contributed by atoms with Gasteiger partial charge >= 0.3 is 0 Å². The van der Waals surface area contributed by atoms with E-state index < -0.39 is 0 Å². The maximum atomic E-state index is 6.06. The molecule has 1 radical (unpaired) electrons. The minimum absolute atomic E-state index is 0.663. The van der Waals surface area contributed by atoms with Crippen LogP contribution in [0.5, 0.6) is 0 Å². The Balaban J connectivity index is 1.94. The molecule has 0 amide bonds. The van der Waals surface area contributed by atoms with Crippen LogP contribution >= 0.6 is 11.6 Å². The second-order valence-electron chi connectivity index (χ2n) is 4.89. The van der Waals surface area contributed by atoms with Crippen molar-refractivity contribution < 1.29 is 0 Å². The van der Waals surface area contributed by atoms with Crippen LogP contribution in [0.4, 0.5) is 0 Å². The van der Waals surface area contributed by atoms with Crippen LogP contribution in [0.15, 0.2) is 60.9 Å². The maximum Gasteiger partial charge on any atom is 0.0595 e. The molecular formula is C18H11ClN. The number of halogens is 1. The Kier molecular flexibility index (Phi) is 2.61. The van der Waals surface area contributed by atoms with Gasteiger partial charge in [-0.15, -0.1) is 0 Å². The van der Waals surface area contributed by atoms with Crippen LogP contribution in [-0.2, 0) is 0 Å². The molecule has 0 aliphatic heterocycles. The summed E-state index contributed by atoms with van der Waals surface area (Å²) in [5.41, 5.74) is 7.31. The molecule has 1 aliphatic carbocycles. The van der Waals surface area contributed by atoms with Crippen LogP contribution in [0.1, 0.15) is 11.1 Å². The molecule has 2 heteroatoms. The maximum absolute atomic E-state index is 6.06. The Labute approximate surface area is 122 Å². The van der Waals surface area contributed by atoms with Crippen LogP contribution in [0, 0.1) is 6.42 Å². The van der Waals surface area contributed by atoms with Gasteiger partial charge < -0.3 is 0 Å². The van der Waals surface area contributed by atoms with E-state index in [2.05, 4.69) is 53.9 Å². The predicted octanol–water partition coefficient (Wildman–Crippen LogP) is 4.98. The molecule has 3 aromatic rings. The molecule has 0 saturated carbocycles. The van der Waals surface area contributed by atoms with E-state index in [9.17, 15) is 0 Å². The van der Waals surface area contributed by atoms with Gasteiger partial charge in [-0.25, -0.2) is 0 Å². The molecule has 1 heterocycles. The third-order valence-corrected chi connectivity index (χ3v) is 3.88. The third-order valence-electron chi connectivity index (χ3n) is 3.67. The fraction of sp³-hybridized carbons (Fsp3) is 0. The number of aromatic nitrogens is 1. The van der Waals surface area contributed by atoms with Crippen LogP contribution in [0.3, 0.4) is 0 Å². The lowest BCUT2D eigenvalue weighted by molar-refractivity contribution is 1.32. The first-order chi connectivity index (χ1) is 9.83. The molecule has 0 fully saturated rings. The van der Waals surface area contributed by atoms with Crippen molar-refractivity contribution in [2.75, 3.05) is 0 Å². The largest absolute Gasteiger partial charge is 0.263 e. The molecular weight excluding hydrogens is 266 g/mol. The highest BCUT2D eigenvalue weighted by atomic mass is 35.5. The highest BCUT2D eigenvalue weighted by molar-refractivity contribution is 6.30. The van der Waals surface area contributed by atoms with Crippen LogP contribution in [0.2, 0.25) is 5.02 Å². The van der Waals surface area contributed by atoms with E-state index in [1.807, 2.05) is 12.3 Å². The van der Waals surface area contributed by atoms with E-state index in [1.54, 1.807) is 6.20 Å². The number of nitrogens with zero attached hydrogens (tertiary/aromatic N) is 1. The van der Waals surface area contributed by atoms with Crippen molar-refractivity contribution in [3.63, 3.8) is 0 Å². The van der Waals surface area contributed by atoms with E-state index in [0.29, 0.717) is 5.02 Å². The summed E-state index contributed by atoms with van der Waals surface area (Å²) >= 11 is 6.06. The SMILES string of the molecule is Clc1cncc(-c2cccc3c2[CH]c2ccccc2-3)c1. The molecule has 95 valence electrons. The van der Waals surface area contributed by atoms with Gasteiger partial charge in [-0.2, -0.15) is 0 Å². The second kappa shape index (κ2) is 4.46. The molecule has 0 saturated heterocycles. The van der Waals surface area contributed by atoms with E-state index in [0.717, 1.165) is 5.56 Å². The van der Waals surface area contributed by atoms with E-state index in [4.69, 9.17) is 11.6 Å². The lowest BCUT2D eigenvalue weighted by Crippen LogP contribution is -1.87. The predicted molar refractivity (Wildman–Crippen MR) is 82.6 cm³/mol. The van der Waals surface area contributed by atoms with Gasteiger partial charge in [-0.1, -0.05) is 54.1 Å². The smallest absolute Gasteiger partial charge is 0.0595 e. The molecule has 0 unspecified atom stereocenters. The number of fused-ring (bicyclic) bond motifs is 3. The van der Waals surface area contributed by atoms with Crippen molar-refractivity contribution >= 4 is 11.6 Å². The monoisotopic (exact) mass is 276 g/mol. The lowest BCUT2D eigenvalue weighted by Gasteiger charge is -2.08. The van der Waals surface area contributed by atoms with Gasteiger partial charge in [0, 0.05) is 24.4 Å². The van der Waals surface area contributed by atoms with Gasteiger partial charge in [0.05, 0.1) is 5.02 Å². The Hall–Kier alpha value is -2.12. The molecule has 2 aromatic carbocycles. The molecule has 0 spiro atoms. The summed E-state index contributed by atoms with van der Waals surface area (Å²) in [7, 11) is 0. The summed E-state index contributed by atoms with van der Waals surface area (Å²) in [6.45, 7) is 0. The minimum atomic E-state index is 0.663. The first-order valence-electron chi connectivity index (χ1n) is 6.51. The van der Waals surface area contributed by atoms with Crippen LogP contribution in [-0.4, -0.2) is 4.98 Å². The quantitative estimate of drug-likeness (QED) is 0.478. The van der Waals surface area contributed by atoms with Crippen molar-refractivity contribution in [2.45, 2.75) is 0 Å². The van der Waals surface area contributed by atoms with Crippen molar-refractivity contribution in [1.29, 1.82) is 0 Å². The third kappa shape index (κ3) is 1.75. The zero-order chi connectivity index (χ0) is 13.5. The number of hydrogen-bond acceptors (Lipinski definition) is 1. The molecule has 1 nitrogen and oxygen atoms in total. The lowest BCUT2D eigenvalue weighted by atomic mass is 9.97. The molecule has 20 heavy (non-hydrogen) atoms. The van der Waals surface area contributed by atoms with Crippen molar-refractivity contribution in [1.82, 2.24) is 4.98 Å². The summed E-state index contributed by atoms with van der Waals surface area (Å²) in [5, 5.41) is 0.663. The zero-order valence-corrected chi connectivity index (χ0v) is 11.4. The Bertz CT molecular complexity index is 808. The topological polar surface area (TPSA) is 12.9 Å². The number of hydrogen-bond donors (Lipinski definition) is 0. The van der Waals surface area contributed by atoms with E-state index in [-0.39, 0.29) is 0 Å². The van der Waals surface area contributed by atoms with Gasteiger partial charge in [0.15, 0.2) is 0 Å². The standard InChI is InChI=1S/C18H11ClN/c19-14-8-13(10-20-11-14)16-6-3-7-17-15-5-2-1-4-12(15)9-18(16)17/h1-11H. The van der Waals surface area contributed by atoms with Crippen molar-refractivity contribution in [3.8, 4) is 22.3 Å². The molecule has 0 atom stereocenters. The molecule has 4 rings (SSSR count). The first-order valence-corrected chi connectivity index (χ1v) is 6.89. The summed E-state index contributed by atoms with van der Waals surface area (Å²) in [6.07, 6.45) is 5.76. The summed E-state index contributed by atoms with van der Waals surface area (Å²) < 4.78 is 0. The summed E-state index contributed by atoms with van der Waals surface area (Å²) in [6, 6.07) is 16.8. The van der Waals surface area contributed by atoms with Gasteiger partial charge in [0.1, 0.15) is 0 Å². The number of benzene rings is 2. The summed E-state index contributed by atoms with van der Waals surface area (Å²) in [4.78, 5) is 4.19. The van der Waals surface area contributed by atoms with Gasteiger partial charge in [0.2, 0.25) is 0 Å². The van der Waals surface area contributed by atoms with Crippen LogP contribution < -0.4 is 0 Å². The average Bonchev–Trinajstić information content (AvgIpc) is 2.86. The van der Waals surface area contributed by atoms with E-state index >= 15 is 0 Å². The Morgan fingerprint density at radius 2 is 1.60 bits per heavy atom. The Morgan fingerprint density at radius 3 is 2.50 bits per heavy atom. The average molecular weight is 277 g/mol. The van der Waals surface area contributed by atoms with Gasteiger partial charge in [-0.05, 0) is 33.9 Å². The molecule has 0 bridgehead atoms. The van der Waals surface area contributed by atoms with E-state index in [1.165, 1.54) is 27.8 Å². The first kappa shape index (κ1) is 11.7. The Morgan fingerprint density at radius 1 is 0.800 bits per heavy atom.